The van der Waals surface area contributed by atoms with Crippen LogP contribution in [0.3, 0.4) is 0 Å². The zero-order chi connectivity index (χ0) is 19.1. The number of hydrogen-bond acceptors (Lipinski definition) is 4. The van der Waals surface area contributed by atoms with Crippen molar-refractivity contribution in [2.24, 2.45) is 0 Å². The average molecular weight is 367 g/mol. The van der Waals surface area contributed by atoms with Crippen LogP contribution in [0.25, 0.3) is 10.9 Å². The SMILES string of the molecule is COC(=O)CC(c1c(C)[nH][nH]c1=O)c1cc2cccc3c2n(c1=O)CCC3. The number of H-pyrrole nitrogens is 2. The monoisotopic (exact) mass is 367 g/mol. The molecule has 0 amide bonds. The summed E-state index contributed by atoms with van der Waals surface area (Å²) in [6.45, 7) is 2.38. The van der Waals surface area contributed by atoms with Gasteiger partial charge in [-0.15, -0.1) is 0 Å². The first kappa shape index (κ1) is 17.3. The van der Waals surface area contributed by atoms with E-state index in [-0.39, 0.29) is 17.5 Å². The molecule has 1 aliphatic rings. The summed E-state index contributed by atoms with van der Waals surface area (Å²) < 4.78 is 6.61. The van der Waals surface area contributed by atoms with E-state index in [1.165, 1.54) is 7.11 Å². The first-order chi connectivity index (χ1) is 13.0. The molecule has 1 aromatic carbocycles. The van der Waals surface area contributed by atoms with E-state index < -0.39 is 11.9 Å². The quantitative estimate of drug-likeness (QED) is 0.689. The summed E-state index contributed by atoms with van der Waals surface area (Å²) in [6, 6.07) is 7.81. The molecule has 7 heteroatoms. The summed E-state index contributed by atoms with van der Waals surface area (Å²) in [4.78, 5) is 37.7. The van der Waals surface area contributed by atoms with Crippen molar-refractivity contribution in [3.8, 4) is 0 Å². The molecule has 1 atom stereocenters. The molecule has 27 heavy (non-hydrogen) atoms. The number of aryl methyl sites for hydroxylation is 3. The van der Waals surface area contributed by atoms with Gasteiger partial charge in [-0.05, 0) is 36.8 Å². The molecule has 2 N–H and O–H groups in total. The maximum absolute atomic E-state index is 13.3. The van der Waals surface area contributed by atoms with Gasteiger partial charge in [0.15, 0.2) is 0 Å². The number of pyridine rings is 1. The number of rotatable bonds is 4. The molecule has 3 heterocycles. The van der Waals surface area contributed by atoms with Gasteiger partial charge >= 0.3 is 5.97 Å². The lowest BCUT2D eigenvalue weighted by Gasteiger charge is -2.23. The molecule has 140 valence electrons. The Morgan fingerprint density at radius 1 is 1.30 bits per heavy atom. The molecule has 1 aliphatic heterocycles. The van der Waals surface area contributed by atoms with E-state index in [4.69, 9.17) is 4.74 Å². The third kappa shape index (κ3) is 2.79. The van der Waals surface area contributed by atoms with E-state index in [0.717, 1.165) is 29.3 Å². The Hall–Kier alpha value is -3.09. The lowest BCUT2D eigenvalue weighted by Crippen LogP contribution is -2.31. The van der Waals surface area contributed by atoms with Gasteiger partial charge in [-0.3, -0.25) is 19.5 Å². The first-order valence-corrected chi connectivity index (χ1v) is 9.00. The maximum atomic E-state index is 13.3. The number of carbonyl (C=O) groups excluding carboxylic acids is 1. The zero-order valence-corrected chi connectivity index (χ0v) is 15.3. The van der Waals surface area contributed by atoms with Gasteiger partial charge in [0.2, 0.25) is 0 Å². The van der Waals surface area contributed by atoms with Crippen molar-refractivity contribution in [1.82, 2.24) is 14.8 Å². The van der Waals surface area contributed by atoms with Crippen molar-refractivity contribution >= 4 is 16.9 Å². The van der Waals surface area contributed by atoms with Crippen molar-refractivity contribution in [2.75, 3.05) is 7.11 Å². The fourth-order valence-electron chi connectivity index (χ4n) is 4.13. The zero-order valence-electron chi connectivity index (χ0n) is 15.3. The molecule has 3 aromatic rings. The molecule has 0 saturated heterocycles. The number of hydrogen-bond donors (Lipinski definition) is 2. The Labute approximate surface area is 155 Å². The van der Waals surface area contributed by atoms with Gasteiger partial charge < -0.3 is 14.4 Å². The van der Waals surface area contributed by atoms with Gasteiger partial charge in [-0.2, -0.15) is 0 Å². The van der Waals surface area contributed by atoms with Crippen LogP contribution in [0.4, 0.5) is 0 Å². The topological polar surface area (TPSA) is 96.9 Å². The molecule has 0 saturated carbocycles. The number of benzene rings is 1. The Morgan fingerprint density at radius 2 is 2.11 bits per heavy atom. The van der Waals surface area contributed by atoms with E-state index in [1.54, 1.807) is 11.5 Å². The highest BCUT2D eigenvalue weighted by atomic mass is 16.5. The molecule has 4 rings (SSSR count). The summed E-state index contributed by atoms with van der Waals surface area (Å²) in [5.74, 6) is -1.13. The second kappa shape index (κ2) is 6.57. The first-order valence-electron chi connectivity index (χ1n) is 9.00. The van der Waals surface area contributed by atoms with E-state index >= 15 is 0 Å². The summed E-state index contributed by atoms with van der Waals surface area (Å²) in [5, 5.41) is 6.27. The molecule has 0 fully saturated rings. The van der Waals surface area contributed by atoms with Gasteiger partial charge in [0, 0.05) is 29.3 Å². The Kier molecular flexibility index (Phi) is 4.22. The van der Waals surface area contributed by atoms with E-state index in [0.29, 0.717) is 23.4 Å². The Bertz CT molecular complexity index is 1150. The number of nitrogens with one attached hydrogen (secondary N) is 2. The molecule has 0 aliphatic carbocycles. The summed E-state index contributed by atoms with van der Waals surface area (Å²) >= 11 is 0. The fourth-order valence-corrected chi connectivity index (χ4v) is 4.13. The van der Waals surface area contributed by atoms with Crippen LogP contribution in [0.5, 0.6) is 0 Å². The van der Waals surface area contributed by atoms with Crippen LogP contribution < -0.4 is 11.1 Å². The largest absolute Gasteiger partial charge is 0.469 e. The van der Waals surface area contributed by atoms with Crippen LogP contribution in [-0.4, -0.2) is 27.8 Å². The summed E-state index contributed by atoms with van der Waals surface area (Å²) in [5.41, 5.74) is 3.09. The minimum Gasteiger partial charge on any atom is -0.469 e. The number of para-hydroxylation sites is 1. The van der Waals surface area contributed by atoms with Crippen molar-refractivity contribution in [3.63, 3.8) is 0 Å². The smallest absolute Gasteiger partial charge is 0.306 e. The fraction of sp³-hybridized carbons (Fsp3) is 0.350. The number of aromatic amines is 2. The van der Waals surface area contributed by atoms with Crippen LogP contribution in [-0.2, 0) is 22.5 Å². The Morgan fingerprint density at radius 3 is 2.81 bits per heavy atom. The number of aromatic nitrogens is 3. The number of methoxy groups -OCH3 is 1. The number of nitrogens with zero attached hydrogens (tertiary/aromatic N) is 1. The highest BCUT2D eigenvalue weighted by Gasteiger charge is 2.28. The van der Waals surface area contributed by atoms with Crippen LogP contribution in [0.1, 0.15) is 41.1 Å². The number of ether oxygens (including phenoxy) is 1. The molecule has 0 spiro atoms. The third-order valence-corrected chi connectivity index (χ3v) is 5.39. The lowest BCUT2D eigenvalue weighted by atomic mass is 9.87. The van der Waals surface area contributed by atoms with Crippen LogP contribution >= 0.6 is 0 Å². The minimum atomic E-state index is -0.668. The predicted octanol–water partition coefficient (Wildman–Crippen LogP) is 1.97. The molecule has 0 bridgehead atoms. The van der Waals surface area contributed by atoms with Crippen molar-refractivity contribution < 1.29 is 9.53 Å². The van der Waals surface area contributed by atoms with E-state index in [2.05, 4.69) is 10.2 Å². The molecular weight excluding hydrogens is 346 g/mol. The van der Waals surface area contributed by atoms with Crippen molar-refractivity contribution in [1.29, 1.82) is 0 Å². The molecule has 7 nitrogen and oxygen atoms in total. The summed E-state index contributed by atoms with van der Waals surface area (Å²) in [6.07, 6.45) is 1.76. The van der Waals surface area contributed by atoms with Gasteiger partial charge in [0.25, 0.3) is 11.1 Å². The highest BCUT2D eigenvalue weighted by Crippen LogP contribution is 2.30. The number of esters is 1. The highest BCUT2D eigenvalue weighted by molar-refractivity contribution is 5.84. The normalized spacial score (nSPS) is 14.3. The minimum absolute atomic E-state index is 0.0707. The predicted molar refractivity (Wildman–Crippen MR) is 101 cm³/mol. The molecule has 1 unspecified atom stereocenters. The van der Waals surface area contributed by atoms with E-state index in [1.807, 2.05) is 24.3 Å². The standard InChI is InChI=1S/C20H21N3O4/c1-11-17(19(25)22-21-11)14(10-16(24)27-2)15-9-13-6-3-5-12-7-4-8-23(18(12)13)20(15)26/h3,5-6,9,14H,4,7-8,10H2,1-2H3,(H2,21,22,25). The summed E-state index contributed by atoms with van der Waals surface area (Å²) in [7, 11) is 1.30. The molecule has 0 radical (unpaired) electrons. The van der Waals surface area contributed by atoms with Crippen LogP contribution in [0, 0.1) is 6.92 Å². The van der Waals surface area contributed by atoms with Crippen molar-refractivity contribution in [2.45, 2.75) is 38.6 Å². The van der Waals surface area contributed by atoms with Crippen LogP contribution in [0.15, 0.2) is 33.9 Å². The second-order valence-corrected chi connectivity index (χ2v) is 6.97. The number of carbonyl (C=O) groups is 1. The molecule has 2 aromatic heterocycles. The van der Waals surface area contributed by atoms with E-state index in [9.17, 15) is 14.4 Å². The average Bonchev–Trinajstić information content (AvgIpc) is 3.01. The second-order valence-electron chi connectivity index (χ2n) is 6.97. The lowest BCUT2D eigenvalue weighted by molar-refractivity contribution is -0.140. The third-order valence-electron chi connectivity index (χ3n) is 5.39. The van der Waals surface area contributed by atoms with Gasteiger partial charge in [0.1, 0.15) is 0 Å². The van der Waals surface area contributed by atoms with Gasteiger partial charge in [-0.25, -0.2) is 0 Å². The maximum Gasteiger partial charge on any atom is 0.306 e. The molecular formula is C20H21N3O4. The van der Waals surface area contributed by atoms with Crippen LogP contribution in [0.2, 0.25) is 0 Å². The van der Waals surface area contributed by atoms with Crippen molar-refractivity contribution in [3.05, 3.63) is 67.4 Å². The van der Waals surface area contributed by atoms with Gasteiger partial charge in [-0.1, -0.05) is 18.2 Å². The van der Waals surface area contributed by atoms with Gasteiger partial charge in [0.05, 0.1) is 19.0 Å². The Balaban J connectivity index is 2.00.